The number of hydrogen-bond donors (Lipinski definition) is 1. The summed E-state index contributed by atoms with van der Waals surface area (Å²) in [7, 11) is 0. The van der Waals surface area contributed by atoms with E-state index in [0.29, 0.717) is 25.2 Å². The lowest BCUT2D eigenvalue weighted by Gasteiger charge is -2.23. The monoisotopic (exact) mass is 640 g/mol. The molecular weight excluding hydrogens is 613 g/mol. The summed E-state index contributed by atoms with van der Waals surface area (Å²) in [5.41, 5.74) is 8.92. The van der Waals surface area contributed by atoms with Crippen LogP contribution in [0.25, 0.3) is 20.8 Å². The third-order valence-electron chi connectivity index (χ3n) is 6.49. The smallest absolute Gasteiger partial charge is 0.303 e. The summed E-state index contributed by atoms with van der Waals surface area (Å²) in [5, 5.41) is 0.607. The predicted molar refractivity (Wildman–Crippen MR) is 164 cm³/mol. The largest absolute Gasteiger partial charge is 0.463 e. The number of ether oxygens (including phenoxy) is 4. The van der Waals surface area contributed by atoms with Crippen LogP contribution in [0.4, 0.5) is 5.69 Å². The number of aryl methyl sites for hydroxylation is 1. The summed E-state index contributed by atoms with van der Waals surface area (Å²) in [6, 6.07) is 14.9. The number of carbonyl (C=O) groups is 4. The van der Waals surface area contributed by atoms with Crippen molar-refractivity contribution < 1.29 is 38.1 Å². The number of carbonyl (C=O) groups excluding carboxylic acids is 4. The number of hydrogen-bond acceptors (Lipinski definition) is 13. The Morgan fingerprint density at radius 1 is 0.930 bits per heavy atom. The highest BCUT2D eigenvalue weighted by Gasteiger charge is 2.50. The number of aromatic nitrogens is 1. The van der Waals surface area contributed by atoms with Crippen molar-refractivity contribution in [3.8, 4) is 10.6 Å². The number of esters is 3. The number of nitrogens with zero attached hydrogens (tertiary/aromatic N) is 1. The van der Waals surface area contributed by atoms with Crippen LogP contribution >= 0.6 is 34.4 Å². The molecule has 224 valence electrons. The molecule has 4 atom stereocenters. The SMILES string of the molecule is CC(=O)OC[C@H]1OC(Sc2sc(C(=O)c3ccc(C)cc3)c(N)c2-c2nc3ccccc3s2)[C@@H](OC(C)=O)[C@@H]1OC(C)=O. The van der Waals surface area contributed by atoms with Crippen LogP contribution in [0, 0.1) is 6.92 Å². The summed E-state index contributed by atoms with van der Waals surface area (Å²) < 4.78 is 24.0. The zero-order chi connectivity index (χ0) is 30.8. The fraction of sp³-hybridized carbons (Fsp3) is 0.300. The van der Waals surface area contributed by atoms with Gasteiger partial charge in [0.2, 0.25) is 5.78 Å². The average Bonchev–Trinajstić information content (AvgIpc) is 3.61. The molecular formula is C30H28N2O8S3. The minimum Gasteiger partial charge on any atom is -0.463 e. The molecule has 2 N–H and O–H groups in total. The third-order valence-corrected chi connectivity index (χ3v) is 10.1. The van der Waals surface area contributed by atoms with Crippen molar-refractivity contribution in [3.63, 3.8) is 0 Å². The number of thiazole rings is 1. The maximum atomic E-state index is 13.7. The van der Waals surface area contributed by atoms with Gasteiger partial charge in [0.15, 0.2) is 12.2 Å². The van der Waals surface area contributed by atoms with Crippen LogP contribution in [-0.2, 0) is 33.3 Å². The Hall–Kier alpha value is -3.78. The highest BCUT2D eigenvalue weighted by molar-refractivity contribution is 8.01. The number of anilines is 1. The number of ketones is 1. The fourth-order valence-corrected chi connectivity index (χ4v) is 8.45. The van der Waals surface area contributed by atoms with Crippen LogP contribution in [0.5, 0.6) is 0 Å². The molecule has 43 heavy (non-hydrogen) atoms. The van der Waals surface area contributed by atoms with E-state index in [1.54, 1.807) is 12.1 Å². The van der Waals surface area contributed by atoms with Gasteiger partial charge < -0.3 is 24.7 Å². The Balaban J connectivity index is 1.58. The van der Waals surface area contributed by atoms with Gasteiger partial charge in [-0.2, -0.15) is 0 Å². The predicted octanol–water partition coefficient (Wildman–Crippen LogP) is 5.39. The van der Waals surface area contributed by atoms with Gasteiger partial charge in [0.25, 0.3) is 0 Å². The average molecular weight is 641 g/mol. The van der Waals surface area contributed by atoms with Gasteiger partial charge in [-0.15, -0.1) is 22.7 Å². The Morgan fingerprint density at radius 3 is 2.26 bits per heavy atom. The van der Waals surface area contributed by atoms with Crippen LogP contribution in [-0.4, -0.2) is 59.0 Å². The van der Waals surface area contributed by atoms with Gasteiger partial charge in [-0.3, -0.25) is 19.2 Å². The number of nitrogens with two attached hydrogens (primary N) is 1. The van der Waals surface area contributed by atoms with Crippen LogP contribution in [0.2, 0.25) is 0 Å². The summed E-state index contributed by atoms with van der Waals surface area (Å²) in [6.07, 6.45) is -3.00. The summed E-state index contributed by atoms with van der Waals surface area (Å²) in [5.74, 6) is -2.03. The molecule has 0 spiro atoms. The lowest BCUT2D eigenvalue weighted by Crippen LogP contribution is -2.40. The standard InChI is InChI=1S/C30H28N2O8S3/c1-14-9-11-18(12-10-14)24(36)27-23(31)22(28-32-19-7-5-6-8-21(19)41-28)30(42-27)43-29-26(39-17(4)35)25(38-16(3)34)20(40-29)13-37-15(2)33/h5-12,20,25-26,29H,13,31H2,1-4H3/t20-,25-,26+,29?/m1/s1. The van der Waals surface area contributed by atoms with Gasteiger partial charge in [0, 0.05) is 26.3 Å². The van der Waals surface area contributed by atoms with Crippen LogP contribution in [0.15, 0.2) is 52.7 Å². The van der Waals surface area contributed by atoms with Crippen LogP contribution in [0.1, 0.15) is 41.6 Å². The van der Waals surface area contributed by atoms with Crippen LogP contribution in [0.3, 0.4) is 0 Å². The van der Waals surface area contributed by atoms with Crippen molar-refractivity contribution in [3.05, 3.63) is 64.5 Å². The van der Waals surface area contributed by atoms with Crippen molar-refractivity contribution in [2.75, 3.05) is 12.3 Å². The Morgan fingerprint density at radius 2 is 1.60 bits per heavy atom. The molecule has 3 heterocycles. The Labute approximate surface area is 259 Å². The molecule has 4 aromatic rings. The van der Waals surface area contributed by atoms with E-state index in [9.17, 15) is 19.2 Å². The molecule has 1 saturated heterocycles. The molecule has 1 aliphatic heterocycles. The molecule has 10 nitrogen and oxygen atoms in total. The lowest BCUT2D eigenvalue weighted by molar-refractivity contribution is -0.165. The second kappa shape index (κ2) is 12.8. The molecule has 0 saturated carbocycles. The topological polar surface area (TPSA) is 144 Å². The van der Waals surface area contributed by atoms with E-state index in [-0.39, 0.29) is 18.1 Å². The quantitative estimate of drug-likeness (QED) is 0.143. The van der Waals surface area contributed by atoms with Gasteiger partial charge in [0.1, 0.15) is 23.2 Å². The Kier molecular flexibility index (Phi) is 9.16. The first-order valence-electron chi connectivity index (χ1n) is 13.2. The summed E-state index contributed by atoms with van der Waals surface area (Å²) >= 11 is 3.78. The number of fused-ring (bicyclic) bond motifs is 1. The van der Waals surface area contributed by atoms with E-state index in [1.807, 2.05) is 43.3 Å². The minimum atomic E-state index is -1.05. The first-order valence-corrected chi connectivity index (χ1v) is 15.7. The lowest BCUT2D eigenvalue weighted by atomic mass is 10.1. The van der Waals surface area contributed by atoms with Gasteiger partial charge in [-0.05, 0) is 19.1 Å². The molecule has 1 fully saturated rings. The third kappa shape index (κ3) is 6.74. The molecule has 1 unspecified atom stereocenters. The molecule has 2 aromatic heterocycles. The molecule has 0 aliphatic carbocycles. The zero-order valence-electron chi connectivity index (χ0n) is 23.7. The molecule has 5 rings (SSSR count). The first kappa shape index (κ1) is 30.7. The minimum absolute atomic E-state index is 0.226. The van der Waals surface area contributed by atoms with Gasteiger partial charge >= 0.3 is 17.9 Å². The summed E-state index contributed by atoms with van der Waals surface area (Å²) in [6.45, 7) is 5.42. The number of benzene rings is 2. The number of para-hydroxylation sites is 1. The maximum Gasteiger partial charge on any atom is 0.303 e. The number of thiophene rings is 1. The van der Waals surface area contributed by atoms with Gasteiger partial charge in [-0.1, -0.05) is 53.7 Å². The number of nitrogen functional groups attached to an aromatic ring is 1. The van der Waals surface area contributed by atoms with E-state index in [0.717, 1.165) is 15.8 Å². The molecule has 13 heteroatoms. The van der Waals surface area contributed by atoms with E-state index in [2.05, 4.69) is 0 Å². The van der Waals surface area contributed by atoms with E-state index < -0.39 is 41.7 Å². The van der Waals surface area contributed by atoms with E-state index in [1.165, 1.54) is 55.2 Å². The number of thioether (sulfide) groups is 1. The van der Waals surface area contributed by atoms with Crippen molar-refractivity contribution in [2.24, 2.45) is 0 Å². The summed E-state index contributed by atoms with van der Waals surface area (Å²) in [4.78, 5) is 54.5. The first-order chi connectivity index (χ1) is 20.5. The molecule has 0 amide bonds. The van der Waals surface area contributed by atoms with Crippen molar-refractivity contribution in [1.82, 2.24) is 4.98 Å². The zero-order valence-corrected chi connectivity index (χ0v) is 26.1. The second-order valence-corrected chi connectivity index (χ2v) is 13.2. The Bertz CT molecular complexity index is 1660. The number of rotatable bonds is 9. The van der Waals surface area contributed by atoms with Gasteiger partial charge in [-0.25, -0.2) is 4.98 Å². The highest BCUT2D eigenvalue weighted by atomic mass is 32.2. The van der Waals surface area contributed by atoms with E-state index >= 15 is 0 Å². The van der Waals surface area contributed by atoms with Gasteiger partial charge in [0.05, 0.1) is 30.6 Å². The van der Waals surface area contributed by atoms with E-state index in [4.69, 9.17) is 29.7 Å². The van der Waals surface area contributed by atoms with Crippen LogP contribution < -0.4 is 5.73 Å². The second-order valence-electron chi connectivity index (χ2n) is 9.80. The maximum absolute atomic E-state index is 13.7. The molecule has 1 aliphatic rings. The highest BCUT2D eigenvalue weighted by Crippen LogP contribution is 2.50. The molecule has 0 radical (unpaired) electrons. The van der Waals surface area contributed by atoms with Crippen molar-refractivity contribution in [1.29, 1.82) is 0 Å². The fourth-order valence-electron chi connectivity index (χ4n) is 4.57. The van der Waals surface area contributed by atoms with Crippen molar-refractivity contribution in [2.45, 2.75) is 55.7 Å². The normalized spacial score (nSPS) is 19.7. The van der Waals surface area contributed by atoms with Crippen molar-refractivity contribution >= 4 is 74.0 Å². The molecule has 0 bridgehead atoms. The molecule has 2 aromatic carbocycles.